The van der Waals surface area contributed by atoms with Crippen molar-refractivity contribution < 1.29 is 9.53 Å². The first-order valence-corrected chi connectivity index (χ1v) is 3.43. The Labute approximate surface area is 66.3 Å². The summed E-state index contributed by atoms with van der Waals surface area (Å²) in [5, 5.41) is 0. The smallest absolute Gasteiger partial charge is 0.192 e. The van der Waals surface area contributed by atoms with E-state index >= 15 is 0 Å². The van der Waals surface area contributed by atoms with Gasteiger partial charge in [-0.25, -0.2) is 0 Å². The van der Waals surface area contributed by atoms with Crippen molar-refractivity contribution >= 4 is 6.29 Å². The lowest BCUT2D eigenvalue weighted by atomic mass is 9.97. The molecule has 1 rings (SSSR count). The van der Waals surface area contributed by atoms with E-state index in [-0.39, 0.29) is 5.54 Å². The van der Waals surface area contributed by atoms with E-state index in [1.54, 1.807) is 0 Å². The minimum absolute atomic E-state index is 0.207. The van der Waals surface area contributed by atoms with E-state index in [4.69, 9.17) is 4.74 Å². The highest BCUT2D eigenvalue weighted by Gasteiger charge is 2.39. The number of carbonyl (C=O) groups excluding carboxylic acids is 1. The summed E-state index contributed by atoms with van der Waals surface area (Å²) in [5.41, 5.74) is -0.207. The van der Waals surface area contributed by atoms with Gasteiger partial charge in [0.1, 0.15) is 5.54 Å². The molecule has 0 radical (unpaired) electrons. The average molecular weight is 153 g/mol. The van der Waals surface area contributed by atoms with E-state index in [0.717, 1.165) is 0 Å². The first kappa shape index (κ1) is 8.25. The van der Waals surface area contributed by atoms with Crippen molar-refractivity contribution in [1.82, 2.24) is 4.90 Å². The summed E-state index contributed by atoms with van der Waals surface area (Å²) in [5.74, 6) is 5.28. The Morgan fingerprint density at radius 2 is 2.18 bits per heavy atom. The molecule has 0 spiro atoms. The molecule has 1 fully saturated rings. The highest BCUT2D eigenvalue weighted by atomic mass is 16.5. The second kappa shape index (κ2) is 3.04. The number of hydrogen-bond acceptors (Lipinski definition) is 3. The number of ether oxygens (including phenoxy) is 1. The quantitative estimate of drug-likeness (QED) is 0.376. The first-order valence-electron chi connectivity index (χ1n) is 3.43. The van der Waals surface area contributed by atoms with Gasteiger partial charge in [-0.2, -0.15) is 0 Å². The Kier molecular flexibility index (Phi) is 2.28. The molecule has 1 saturated heterocycles. The van der Waals surface area contributed by atoms with Crippen molar-refractivity contribution in [3.8, 4) is 11.8 Å². The second-order valence-corrected chi connectivity index (χ2v) is 2.81. The predicted octanol–water partition coefficient (Wildman–Crippen LogP) is -0.481. The lowest BCUT2D eigenvalue weighted by Gasteiger charge is -2.42. The predicted molar refractivity (Wildman–Crippen MR) is 41.1 cm³/mol. The standard InChI is InChI=1S/C8H11NO2/c1-9(2)8(4-3-5-10)6-11-7-8/h5H,6-7H2,1-2H3. The Morgan fingerprint density at radius 3 is 2.45 bits per heavy atom. The summed E-state index contributed by atoms with van der Waals surface area (Å²) < 4.78 is 5.04. The lowest BCUT2D eigenvalue weighted by Crippen LogP contribution is -2.58. The fourth-order valence-corrected chi connectivity index (χ4v) is 0.901. The molecule has 1 aliphatic rings. The lowest BCUT2D eigenvalue weighted by molar-refractivity contribution is -0.103. The van der Waals surface area contributed by atoms with Gasteiger partial charge in [0.25, 0.3) is 0 Å². The van der Waals surface area contributed by atoms with Crippen LogP contribution < -0.4 is 0 Å². The van der Waals surface area contributed by atoms with Crippen LogP contribution >= 0.6 is 0 Å². The van der Waals surface area contributed by atoms with E-state index in [9.17, 15) is 4.79 Å². The molecule has 11 heavy (non-hydrogen) atoms. The van der Waals surface area contributed by atoms with Crippen molar-refractivity contribution in [3.63, 3.8) is 0 Å². The molecule has 60 valence electrons. The third kappa shape index (κ3) is 1.42. The van der Waals surface area contributed by atoms with Crippen molar-refractivity contribution in [3.05, 3.63) is 0 Å². The molecule has 3 nitrogen and oxygen atoms in total. The Hall–Kier alpha value is -0.850. The number of hydrogen-bond donors (Lipinski definition) is 0. The zero-order valence-electron chi connectivity index (χ0n) is 6.76. The summed E-state index contributed by atoms with van der Waals surface area (Å²) in [6, 6.07) is 0. The summed E-state index contributed by atoms with van der Waals surface area (Å²) in [6.45, 7) is 1.20. The molecule has 1 heterocycles. The highest BCUT2D eigenvalue weighted by Crippen LogP contribution is 2.20. The van der Waals surface area contributed by atoms with Crippen LogP contribution in [0.2, 0.25) is 0 Å². The van der Waals surface area contributed by atoms with Crippen LogP contribution in [0.3, 0.4) is 0 Å². The number of likely N-dealkylation sites (N-methyl/N-ethyl adjacent to an activating group) is 1. The van der Waals surface area contributed by atoms with Crippen LogP contribution in [-0.2, 0) is 9.53 Å². The molecule has 0 saturated carbocycles. The first-order chi connectivity index (χ1) is 5.21. The van der Waals surface area contributed by atoms with Crippen molar-refractivity contribution in [1.29, 1.82) is 0 Å². The largest absolute Gasteiger partial charge is 0.375 e. The van der Waals surface area contributed by atoms with Gasteiger partial charge in [0.05, 0.1) is 13.2 Å². The highest BCUT2D eigenvalue weighted by molar-refractivity contribution is 5.73. The zero-order valence-corrected chi connectivity index (χ0v) is 6.76. The van der Waals surface area contributed by atoms with E-state index in [0.29, 0.717) is 19.5 Å². The number of aldehydes is 1. The van der Waals surface area contributed by atoms with Gasteiger partial charge in [0.2, 0.25) is 0 Å². The van der Waals surface area contributed by atoms with Crippen LogP contribution in [0, 0.1) is 11.8 Å². The van der Waals surface area contributed by atoms with Gasteiger partial charge < -0.3 is 4.74 Å². The van der Waals surface area contributed by atoms with Gasteiger partial charge in [-0.05, 0) is 20.0 Å². The average Bonchev–Trinajstić information content (AvgIpc) is 1.85. The van der Waals surface area contributed by atoms with Crippen molar-refractivity contribution in [2.45, 2.75) is 5.54 Å². The summed E-state index contributed by atoms with van der Waals surface area (Å²) in [4.78, 5) is 12.0. The van der Waals surface area contributed by atoms with E-state index < -0.39 is 0 Å². The Bertz CT molecular complexity index is 208. The van der Waals surface area contributed by atoms with Crippen LogP contribution in [0.25, 0.3) is 0 Å². The van der Waals surface area contributed by atoms with E-state index in [1.807, 2.05) is 19.0 Å². The fourth-order valence-electron chi connectivity index (χ4n) is 0.901. The van der Waals surface area contributed by atoms with Gasteiger partial charge in [0.15, 0.2) is 6.29 Å². The number of rotatable bonds is 1. The topological polar surface area (TPSA) is 29.5 Å². The molecule has 0 bridgehead atoms. The Balaban J connectivity index is 2.67. The maximum atomic E-state index is 9.98. The third-order valence-corrected chi connectivity index (χ3v) is 1.90. The van der Waals surface area contributed by atoms with Crippen molar-refractivity contribution in [2.75, 3.05) is 27.3 Å². The maximum absolute atomic E-state index is 9.98. The second-order valence-electron chi connectivity index (χ2n) is 2.81. The molecule has 1 aliphatic heterocycles. The molecule has 0 aromatic rings. The SMILES string of the molecule is CN(C)C1(C#CC=O)COC1. The van der Waals surface area contributed by atoms with Crippen LogP contribution in [0.5, 0.6) is 0 Å². The molecule has 0 atom stereocenters. The van der Waals surface area contributed by atoms with Crippen LogP contribution in [0.15, 0.2) is 0 Å². The third-order valence-electron chi connectivity index (χ3n) is 1.90. The Morgan fingerprint density at radius 1 is 1.55 bits per heavy atom. The van der Waals surface area contributed by atoms with Crippen LogP contribution in [-0.4, -0.2) is 44.0 Å². The molecule has 0 aromatic heterocycles. The normalized spacial score (nSPS) is 19.9. The van der Waals surface area contributed by atoms with Gasteiger partial charge in [-0.15, -0.1) is 0 Å². The van der Waals surface area contributed by atoms with Gasteiger partial charge in [-0.3, -0.25) is 9.69 Å². The van der Waals surface area contributed by atoms with Crippen LogP contribution in [0.1, 0.15) is 0 Å². The number of carbonyl (C=O) groups is 1. The van der Waals surface area contributed by atoms with Gasteiger partial charge >= 0.3 is 0 Å². The summed E-state index contributed by atoms with van der Waals surface area (Å²) >= 11 is 0. The van der Waals surface area contributed by atoms with Crippen molar-refractivity contribution in [2.24, 2.45) is 0 Å². The zero-order chi connectivity index (χ0) is 8.32. The van der Waals surface area contributed by atoms with Gasteiger partial charge in [-0.1, -0.05) is 5.92 Å². The number of nitrogens with zero attached hydrogens (tertiary/aromatic N) is 1. The molecule has 0 aliphatic carbocycles. The maximum Gasteiger partial charge on any atom is 0.192 e. The molecule has 0 unspecified atom stereocenters. The minimum Gasteiger partial charge on any atom is -0.375 e. The molecule has 3 heteroatoms. The van der Waals surface area contributed by atoms with Gasteiger partial charge in [0, 0.05) is 0 Å². The summed E-state index contributed by atoms with van der Waals surface area (Å²) in [7, 11) is 3.87. The molecular weight excluding hydrogens is 142 g/mol. The molecule has 0 amide bonds. The van der Waals surface area contributed by atoms with E-state index in [2.05, 4.69) is 11.8 Å². The molecule has 0 aromatic carbocycles. The fraction of sp³-hybridized carbons (Fsp3) is 0.625. The van der Waals surface area contributed by atoms with Crippen LogP contribution in [0.4, 0.5) is 0 Å². The van der Waals surface area contributed by atoms with E-state index in [1.165, 1.54) is 0 Å². The monoisotopic (exact) mass is 153 g/mol. The summed E-state index contributed by atoms with van der Waals surface area (Å²) in [6.07, 6.45) is 0.615. The molecule has 0 N–H and O–H groups in total. The molecular formula is C8H11NO2. The minimum atomic E-state index is -0.207.